The van der Waals surface area contributed by atoms with E-state index < -0.39 is 0 Å². The van der Waals surface area contributed by atoms with Crippen molar-refractivity contribution in [3.63, 3.8) is 0 Å². The minimum Gasteiger partial charge on any atom is -0.388 e. The Morgan fingerprint density at radius 3 is 2.60 bits per heavy atom. The first-order valence-corrected chi connectivity index (χ1v) is 7.97. The Balaban J connectivity index is 2.14. The molecule has 0 amide bonds. The number of nitrogens with zero attached hydrogens (tertiary/aromatic N) is 2. The molecular formula is C17H28N2O. The first-order chi connectivity index (χ1) is 9.71. The molecule has 0 aliphatic carbocycles. The molecule has 112 valence electrons. The number of aliphatic hydroxyl groups excluding tert-OH is 1. The van der Waals surface area contributed by atoms with E-state index in [0.717, 1.165) is 38.2 Å². The third-order valence-corrected chi connectivity index (χ3v) is 4.52. The first-order valence-electron chi connectivity index (χ1n) is 7.97. The Bertz CT molecular complexity index is 417. The van der Waals surface area contributed by atoms with Crippen LogP contribution in [0.4, 0.5) is 5.69 Å². The normalized spacial score (nSPS) is 20.6. The van der Waals surface area contributed by atoms with Crippen LogP contribution in [0.3, 0.4) is 0 Å². The molecule has 1 fully saturated rings. The summed E-state index contributed by atoms with van der Waals surface area (Å²) in [7, 11) is 0. The maximum atomic E-state index is 10.2. The molecule has 1 aromatic rings. The van der Waals surface area contributed by atoms with Crippen molar-refractivity contribution in [2.24, 2.45) is 0 Å². The third kappa shape index (κ3) is 3.15. The summed E-state index contributed by atoms with van der Waals surface area (Å²) in [5.74, 6) is 0. The smallest absolute Gasteiger partial charge is 0.0807 e. The Labute approximate surface area is 123 Å². The Morgan fingerprint density at radius 1 is 1.25 bits per heavy atom. The Hall–Kier alpha value is -1.06. The van der Waals surface area contributed by atoms with Crippen molar-refractivity contribution >= 4 is 5.69 Å². The highest BCUT2D eigenvalue weighted by Gasteiger charge is 2.28. The average Bonchev–Trinajstić information content (AvgIpc) is 2.97. The lowest BCUT2D eigenvalue weighted by atomic mass is 10.0. The number of aliphatic hydroxyl groups is 1. The van der Waals surface area contributed by atoms with Gasteiger partial charge in [-0.1, -0.05) is 39.0 Å². The van der Waals surface area contributed by atoms with Crippen LogP contribution in [0.5, 0.6) is 0 Å². The fourth-order valence-electron chi connectivity index (χ4n) is 3.28. The molecule has 3 heteroatoms. The largest absolute Gasteiger partial charge is 0.388 e. The molecule has 0 bridgehead atoms. The van der Waals surface area contributed by atoms with Crippen molar-refractivity contribution in [3.05, 3.63) is 29.8 Å². The fourth-order valence-corrected chi connectivity index (χ4v) is 3.28. The molecule has 1 saturated heterocycles. The van der Waals surface area contributed by atoms with E-state index in [2.05, 4.69) is 41.8 Å². The number of para-hydroxylation sites is 1. The minimum absolute atomic E-state index is 0.348. The molecule has 1 aliphatic rings. The molecule has 0 radical (unpaired) electrons. The van der Waals surface area contributed by atoms with Crippen LogP contribution in [0.1, 0.15) is 45.3 Å². The lowest BCUT2D eigenvalue weighted by Gasteiger charge is -2.28. The molecule has 20 heavy (non-hydrogen) atoms. The van der Waals surface area contributed by atoms with Crippen molar-refractivity contribution in [1.82, 2.24) is 4.90 Å². The molecular weight excluding hydrogens is 248 g/mol. The van der Waals surface area contributed by atoms with Crippen molar-refractivity contribution in [2.75, 3.05) is 31.1 Å². The van der Waals surface area contributed by atoms with E-state index in [1.165, 1.54) is 12.1 Å². The topological polar surface area (TPSA) is 26.7 Å². The Kier molecular flexibility index (Phi) is 5.44. The van der Waals surface area contributed by atoms with Crippen LogP contribution >= 0.6 is 0 Å². The van der Waals surface area contributed by atoms with Gasteiger partial charge in [-0.25, -0.2) is 0 Å². The lowest BCUT2D eigenvalue weighted by molar-refractivity contribution is 0.174. The molecule has 1 N–H and O–H groups in total. The van der Waals surface area contributed by atoms with E-state index in [4.69, 9.17) is 0 Å². The number of hydrogen-bond donors (Lipinski definition) is 1. The van der Waals surface area contributed by atoms with E-state index in [1.54, 1.807) is 0 Å². The summed E-state index contributed by atoms with van der Waals surface area (Å²) in [6.07, 6.45) is 1.64. The molecule has 2 unspecified atom stereocenters. The average molecular weight is 276 g/mol. The highest BCUT2D eigenvalue weighted by molar-refractivity contribution is 5.55. The van der Waals surface area contributed by atoms with Crippen LogP contribution in [0.2, 0.25) is 0 Å². The summed E-state index contributed by atoms with van der Waals surface area (Å²) in [5, 5.41) is 10.2. The fraction of sp³-hybridized carbons (Fsp3) is 0.647. The highest BCUT2D eigenvalue weighted by atomic mass is 16.3. The molecule has 1 aliphatic heterocycles. The van der Waals surface area contributed by atoms with Crippen LogP contribution in [-0.2, 0) is 0 Å². The van der Waals surface area contributed by atoms with Gasteiger partial charge in [0.05, 0.1) is 6.10 Å². The SMILES string of the molecule is CCC(O)c1ccccc1N1CCC(N(CC)CC)C1. The quantitative estimate of drug-likeness (QED) is 0.865. The zero-order valence-corrected chi connectivity index (χ0v) is 13.0. The molecule has 3 nitrogen and oxygen atoms in total. The summed E-state index contributed by atoms with van der Waals surface area (Å²) in [5.41, 5.74) is 2.30. The second kappa shape index (κ2) is 7.09. The van der Waals surface area contributed by atoms with E-state index in [0.29, 0.717) is 6.04 Å². The Morgan fingerprint density at radius 2 is 1.95 bits per heavy atom. The molecule has 0 aromatic heterocycles. The van der Waals surface area contributed by atoms with Crippen molar-refractivity contribution < 1.29 is 5.11 Å². The van der Waals surface area contributed by atoms with Crippen LogP contribution in [0.15, 0.2) is 24.3 Å². The number of likely N-dealkylation sites (N-methyl/N-ethyl adjacent to an activating group) is 1. The van der Waals surface area contributed by atoms with Crippen molar-refractivity contribution in [1.29, 1.82) is 0 Å². The van der Waals surface area contributed by atoms with Crippen molar-refractivity contribution in [3.8, 4) is 0 Å². The van der Waals surface area contributed by atoms with Crippen LogP contribution in [0, 0.1) is 0 Å². The standard InChI is InChI=1S/C17H28N2O/c1-4-17(20)15-9-7-8-10-16(15)19-12-11-14(13-19)18(5-2)6-3/h7-10,14,17,20H,4-6,11-13H2,1-3H3. The van der Waals surface area contributed by atoms with Gasteiger partial charge in [0.25, 0.3) is 0 Å². The summed E-state index contributed by atoms with van der Waals surface area (Å²) in [4.78, 5) is 4.98. The van der Waals surface area contributed by atoms with E-state index >= 15 is 0 Å². The predicted octanol–water partition coefficient (Wildman–Crippen LogP) is 3.05. The summed E-state index contributed by atoms with van der Waals surface area (Å²) in [6, 6.07) is 8.96. The van der Waals surface area contributed by atoms with Gasteiger partial charge in [0, 0.05) is 30.4 Å². The number of anilines is 1. The van der Waals surface area contributed by atoms with Gasteiger partial charge >= 0.3 is 0 Å². The second-order valence-corrected chi connectivity index (χ2v) is 5.59. The summed E-state index contributed by atoms with van der Waals surface area (Å²) in [6.45, 7) is 10.9. The molecule has 1 aromatic carbocycles. The van der Waals surface area contributed by atoms with Crippen LogP contribution in [0.25, 0.3) is 0 Å². The number of rotatable bonds is 6. The van der Waals surface area contributed by atoms with Gasteiger partial charge in [-0.15, -0.1) is 0 Å². The van der Waals surface area contributed by atoms with E-state index in [-0.39, 0.29) is 6.10 Å². The van der Waals surface area contributed by atoms with Gasteiger partial charge in [0.1, 0.15) is 0 Å². The second-order valence-electron chi connectivity index (χ2n) is 5.59. The van der Waals surface area contributed by atoms with Gasteiger partial charge in [0.15, 0.2) is 0 Å². The first kappa shape index (κ1) is 15.3. The van der Waals surface area contributed by atoms with Crippen molar-refractivity contribution in [2.45, 2.75) is 45.8 Å². The van der Waals surface area contributed by atoms with Gasteiger partial charge in [-0.3, -0.25) is 4.90 Å². The van der Waals surface area contributed by atoms with Gasteiger partial charge in [0.2, 0.25) is 0 Å². The molecule has 2 atom stereocenters. The predicted molar refractivity (Wildman–Crippen MR) is 85.2 cm³/mol. The van der Waals surface area contributed by atoms with Gasteiger partial charge < -0.3 is 10.0 Å². The molecule has 0 saturated carbocycles. The van der Waals surface area contributed by atoms with E-state index in [1.807, 2.05) is 13.0 Å². The third-order valence-electron chi connectivity index (χ3n) is 4.52. The summed E-state index contributed by atoms with van der Waals surface area (Å²) < 4.78 is 0. The molecule has 0 spiro atoms. The zero-order chi connectivity index (χ0) is 14.5. The highest BCUT2D eigenvalue weighted by Crippen LogP contribution is 2.31. The van der Waals surface area contributed by atoms with Gasteiger partial charge in [-0.2, -0.15) is 0 Å². The van der Waals surface area contributed by atoms with Crippen LogP contribution < -0.4 is 4.90 Å². The monoisotopic (exact) mass is 276 g/mol. The molecule has 1 heterocycles. The lowest BCUT2D eigenvalue weighted by Crippen LogP contribution is -2.37. The maximum Gasteiger partial charge on any atom is 0.0807 e. The minimum atomic E-state index is -0.348. The number of benzene rings is 1. The molecule has 2 rings (SSSR count). The zero-order valence-electron chi connectivity index (χ0n) is 13.0. The summed E-state index contributed by atoms with van der Waals surface area (Å²) >= 11 is 0. The number of hydrogen-bond acceptors (Lipinski definition) is 3. The van der Waals surface area contributed by atoms with Crippen LogP contribution in [-0.4, -0.2) is 42.2 Å². The maximum absolute atomic E-state index is 10.2. The van der Waals surface area contributed by atoms with E-state index in [9.17, 15) is 5.11 Å². The van der Waals surface area contributed by atoms with Gasteiger partial charge in [-0.05, 0) is 32.0 Å².